The van der Waals surface area contributed by atoms with Crippen LogP contribution in [0, 0.1) is 0 Å². The second-order valence-electron chi connectivity index (χ2n) is 6.91. The minimum absolute atomic E-state index is 0.844. The molecular formula is C20H28Cl2S2. The van der Waals surface area contributed by atoms with E-state index in [1.807, 2.05) is 0 Å². The molecule has 0 N–H and O–H groups in total. The molecule has 0 aliphatic carbocycles. The zero-order chi connectivity index (χ0) is 16.9. The first-order valence-electron chi connectivity index (χ1n) is 8.92. The van der Waals surface area contributed by atoms with Gasteiger partial charge in [-0.25, -0.2) is 0 Å². The van der Waals surface area contributed by atoms with E-state index < -0.39 is 18.5 Å². The second kappa shape index (κ2) is 8.58. The average Bonchev–Trinajstić information content (AvgIpc) is 3.19. The molecule has 3 rings (SSSR count). The van der Waals surface area contributed by atoms with E-state index in [4.69, 9.17) is 21.4 Å². The molecule has 2 heterocycles. The summed E-state index contributed by atoms with van der Waals surface area (Å²) in [6, 6.07) is 8.78. The van der Waals surface area contributed by atoms with Gasteiger partial charge in [-0.1, -0.05) is 69.9 Å². The number of hydrogen-bond acceptors (Lipinski definition) is 0. The van der Waals surface area contributed by atoms with Crippen molar-refractivity contribution in [2.24, 2.45) is 0 Å². The van der Waals surface area contributed by atoms with Crippen molar-refractivity contribution >= 4 is 52.0 Å². The lowest BCUT2D eigenvalue weighted by Gasteiger charge is -2.24. The van der Waals surface area contributed by atoms with E-state index in [2.05, 4.69) is 48.6 Å². The first-order valence-corrected chi connectivity index (χ1v) is 14.9. The standard InChI is InChI=1S/C20H28Cl2S2/c21-23(13-1-2-14-23)17-5-7-19-9-11-20(12-10-19)8-6-18-24(22)15-3-4-16-24/h5-12H,1-4,13-18H2/b7-5+,8-6+. The van der Waals surface area contributed by atoms with Gasteiger partial charge in [-0.05, 0) is 59.8 Å². The molecule has 0 atom stereocenters. The number of hydrogen-bond donors (Lipinski definition) is 0. The van der Waals surface area contributed by atoms with Gasteiger partial charge in [0.05, 0.1) is 0 Å². The summed E-state index contributed by atoms with van der Waals surface area (Å²) in [6.45, 7) is 0. The molecule has 2 fully saturated rings. The zero-order valence-electron chi connectivity index (χ0n) is 14.3. The molecule has 2 aliphatic rings. The number of rotatable bonds is 6. The maximum atomic E-state index is 6.70. The van der Waals surface area contributed by atoms with Crippen molar-refractivity contribution < 1.29 is 0 Å². The largest absolute Gasteiger partial charge is 0.159 e. The van der Waals surface area contributed by atoms with E-state index in [1.165, 1.54) is 59.8 Å². The van der Waals surface area contributed by atoms with Crippen LogP contribution in [0.3, 0.4) is 0 Å². The first kappa shape index (κ1) is 18.8. The molecule has 0 radical (unpaired) electrons. The molecule has 0 aromatic heterocycles. The van der Waals surface area contributed by atoms with E-state index in [-0.39, 0.29) is 0 Å². The van der Waals surface area contributed by atoms with Gasteiger partial charge in [-0.2, -0.15) is 18.5 Å². The van der Waals surface area contributed by atoms with Gasteiger partial charge in [-0.15, -0.1) is 0 Å². The number of halogens is 2. The van der Waals surface area contributed by atoms with Crippen molar-refractivity contribution in [3.63, 3.8) is 0 Å². The monoisotopic (exact) mass is 402 g/mol. The predicted molar refractivity (Wildman–Crippen MR) is 119 cm³/mol. The SMILES string of the molecule is ClS1(C/C=C/c2ccc(/C=C/CS3(Cl)CCCC3)cc2)CCCC1. The molecule has 0 saturated carbocycles. The van der Waals surface area contributed by atoms with Crippen molar-refractivity contribution in [1.29, 1.82) is 0 Å². The molecular weight excluding hydrogens is 375 g/mol. The van der Waals surface area contributed by atoms with Gasteiger partial charge in [-0.3, -0.25) is 0 Å². The van der Waals surface area contributed by atoms with E-state index in [0.29, 0.717) is 0 Å². The molecule has 0 bridgehead atoms. The summed E-state index contributed by atoms with van der Waals surface area (Å²) in [4.78, 5) is 0. The lowest BCUT2D eigenvalue weighted by Crippen LogP contribution is -1.96. The van der Waals surface area contributed by atoms with Crippen molar-refractivity contribution in [3.8, 4) is 0 Å². The normalized spacial score (nSPS) is 25.4. The lowest BCUT2D eigenvalue weighted by atomic mass is 10.1. The Balaban J connectivity index is 1.49. The molecule has 0 nitrogen and oxygen atoms in total. The summed E-state index contributed by atoms with van der Waals surface area (Å²) >= 11 is 0. The van der Waals surface area contributed by atoms with Gasteiger partial charge in [0.1, 0.15) is 0 Å². The average molecular weight is 403 g/mol. The first-order chi connectivity index (χ1) is 11.6. The Morgan fingerprint density at radius 3 is 1.33 bits per heavy atom. The van der Waals surface area contributed by atoms with Crippen molar-refractivity contribution in [2.45, 2.75) is 25.7 Å². The van der Waals surface area contributed by atoms with Crippen LogP contribution in [0.5, 0.6) is 0 Å². The molecule has 134 valence electrons. The Kier molecular flexibility index (Phi) is 6.70. The molecule has 24 heavy (non-hydrogen) atoms. The smallest absolute Gasteiger partial charge is 0.00830 e. The fourth-order valence-corrected chi connectivity index (χ4v) is 10.0. The highest BCUT2D eigenvalue weighted by Gasteiger charge is 2.24. The Morgan fingerprint density at radius 2 is 1.00 bits per heavy atom. The molecule has 0 spiro atoms. The summed E-state index contributed by atoms with van der Waals surface area (Å²) < 4.78 is 0. The third kappa shape index (κ3) is 5.49. The van der Waals surface area contributed by atoms with Gasteiger partial charge in [0.25, 0.3) is 0 Å². The summed E-state index contributed by atoms with van der Waals surface area (Å²) in [5.74, 6) is 7.10. The maximum Gasteiger partial charge on any atom is 0.00830 e. The lowest BCUT2D eigenvalue weighted by molar-refractivity contribution is 0.949. The Labute approximate surface area is 159 Å². The van der Waals surface area contributed by atoms with Crippen molar-refractivity contribution in [2.75, 3.05) is 34.5 Å². The summed E-state index contributed by atoms with van der Waals surface area (Å²) in [5, 5.41) is 0. The second-order valence-corrected chi connectivity index (χ2v) is 16.9. The molecule has 0 amide bonds. The van der Waals surface area contributed by atoms with E-state index in [0.717, 1.165) is 11.5 Å². The van der Waals surface area contributed by atoms with Crippen molar-refractivity contribution in [3.05, 3.63) is 47.5 Å². The third-order valence-corrected chi connectivity index (χ3v) is 13.2. The summed E-state index contributed by atoms with van der Waals surface area (Å²) in [6.07, 6.45) is 14.3. The highest BCUT2D eigenvalue weighted by molar-refractivity contribution is 8.51. The molecule has 2 aliphatic heterocycles. The number of benzene rings is 1. The van der Waals surface area contributed by atoms with Crippen LogP contribution >= 0.6 is 39.8 Å². The quantitative estimate of drug-likeness (QED) is 0.470. The molecule has 1 aromatic rings. The summed E-state index contributed by atoms with van der Waals surface area (Å²) in [5.41, 5.74) is 2.53. The highest BCUT2D eigenvalue weighted by Crippen LogP contribution is 2.59. The van der Waals surface area contributed by atoms with E-state index in [9.17, 15) is 0 Å². The van der Waals surface area contributed by atoms with Gasteiger partial charge in [0.2, 0.25) is 0 Å². The Morgan fingerprint density at radius 1 is 0.667 bits per heavy atom. The van der Waals surface area contributed by atoms with Crippen LogP contribution in [-0.4, -0.2) is 34.5 Å². The van der Waals surface area contributed by atoms with Crippen molar-refractivity contribution in [1.82, 2.24) is 0 Å². The van der Waals surface area contributed by atoms with Gasteiger partial charge in [0.15, 0.2) is 0 Å². The fourth-order valence-electron chi connectivity index (χ4n) is 3.41. The van der Waals surface area contributed by atoms with Gasteiger partial charge >= 0.3 is 0 Å². The molecule has 0 unspecified atom stereocenters. The fraction of sp³-hybridized carbons (Fsp3) is 0.500. The Hall–Kier alpha value is -0.0200. The minimum atomic E-state index is -0.844. The topological polar surface area (TPSA) is 0 Å². The van der Waals surface area contributed by atoms with Crippen LogP contribution < -0.4 is 0 Å². The molecule has 4 heteroatoms. The van der Waals surface area contributed by atoms with Crippen LogP contribution in [0.4, 0.5) is 0 Å². The van der Waals surface area contributed by atoms with Crippen LogP contribution in [0.2, 0.25) is 0 Å². The van der Waals surface area contributed by atoms with Crippen LogP contribution in [-0.2, 0) is 0 Å². The molecule has 1 aromatic carbocycles. The zero-order valence-corrected chi connectivity index (χ0v) is 17.4. The van der Waals surface area contributed by atoms with Crippen LogP contribution in [0.25, 0.3) is 12.2 Å². The van der Waals surface area contributed by atoms with Gasteiger partial charge < -0.3 is 0 Å². The summed E-state index contributed by atoms with van der Waals surface area (Å²) in [7, 11) is 11.7. The molecule has 2 saturated heterocycles. The predicted octanol–water partition coefficient (Wildman–Crippen LogP) is 7.22. The highest BCUT2D eigenvalue weighted by atomic mass is 35.7. The van der Waals surface area contributed by atoms with Crippen LogP contribution in [0.1, 0.15) is 36.8 Å². The van der Waals surface area contributed by atoms with E-state index >= 15 is 0 Å². The third-order valence-electron chi connectivity index (χ3n) is 4.89. The van der Waals surface area contributed by atoms with Gasteiger partial charge in [0, 0.05) is 11.5 Å². The van der Waals surface area contributed by atoms with Crippen LogP contribution in [0.15, 0.2) is 36.4 Å². The Bertz CT molecular complexity index is 527. The minimum Gasteiger partial charge on any atom is -0.159 e. The maximum absolute atomic E-state index is 6.70. The van der Waals surface area contributed by atoms with E-state index in [1.54, 1.807) is 0 Å².